The summed E-state index contributed by atoms with van der Waals surface area (Å²) in [5.41, 5.74) is 0. The number of allylic oxidation sites excluding steroid dienone is 2. The number of Topliss-reactive ketones (excluding diaryl/α,β-unsaturated/α-hetero) is 1. The van der Waals surface area contributed by atoms with E-state index in [2.05, 4.69) is 6.92 Å². The third-order valence-corrected chi connectivity index (χ3v) is 1.30. The summed E-state index contributed by atoms with van der Waals surface area (Å²) in [6.45, 7) is 5.59. The normalized spacial score (nSPS) is 14.1. The van der Waals surface area contributed by atoms with Crippen molar-refractivity contribution in [3.8, 4) is 0 Å². The van der Waals surface area contributed by atoms with Gasteiger partial charge in [0, 0.05) is 5.92 Å². The second-order valence-corrected chi connectivity index (χ2v) is 2.24. The molecule has 0 saturated carbocycles. The van der Waals surface area contributed by atoms with Crippen LogP contribution in [0.5, 0.6) is 0 Å². The molecule has 0 spiro atoms. The molecule has 0 N–H and O–H groups in total. The lowest BCUT2D eigenvalue weighted by molar-refractivity contribution is -0.118. The molecule has 0 radical (unpaired) electrons. The summed E-state index contributed by atoms with van der Waals surface area (Å²) in [4.78, 5) is 10.6. The molecule has 0 aromatic heterocycles. The standard InChI is InChI=1S/C8H14O/c1-4-5-6-7(2)8(3)9/h5-7H,4H2,1-3H3/b6-5-/t7-/m0/s1. The number of hydrogen-bond donors (Lipinski definition) is 0. The predicted octanol–water partition coefficient (Wildman–Crippen LogP) is 2.18. The molecule has 0 aliphatic heterocycles. The Bertz CT molecular complexity index is 114. The Morgan fingerprint density at radius 2 is 2.22 bits per heavy atom. The van der Waals surface area contributed by atoms with Crippen LogP contribution >= 0.6 is 0 Å². The largest absolute Gasteiger partial charge is 0.299 e. The molecule has 0 unspecified atom stereocenters. The average molecular weight is 126 g/mol. The molecule has 0 aliphatic carbocycles. The van der Waals surface area contributed by atoms with Gasteiger partial charge in [0.2, 0.25) is 0 Å². The first-order valence-corrected chi connectivity index (χ1v) is 3.35. The Hall–Kier alpha value is -0.590. The number of hydrogen-bond acceptors (Lipinski definition) is 1. The molecule has 0 aliphatic rings. The van der Waals surface area contributed by atoms with Crippen molar-refractivity contribution in [3.05, 3.63) is 12.2 Å². The van der Waals surface area contributed by atoms with Crippen LogP contribution in [0.2, 0.25) is 0 Å². The lowest BCUT2D eigenvalue weighted by Crippen LogP contribution is -2.01. The smallest absolute Gasteiger partial charge is 0.136 e. The van der Waals surface area contributed by atoms with Gasteiger partial charge in [-0.05, 0) is 13.3 Å². The fraction of sp³-hybridized carbons (Fsp3) is 0.625. The Labute approximate surface area is 56.8 Å². The molecule has 0 heterocycles. The van der Waals surface area contributed by atoms with Gasteiger partial charge in [-0.2, -0.15) is 0 Å². The minimum Gasteiger partial charge on any atom is -0.299 e. The zero-order valence-corrected chi connectivity index (χ0v) is 6.35. The fourth-order valence-corrected chi connectivity index (χ4v) is 0.476. The van der Waals surface area contributed by atoms with Gasteiger partial charge < -0.3 is 0 Å². The lowest BCUT2D eigenvalue weighted by atomic mass is 10.1. The van der Waals surface area contributed by atoms with Crippen LogP contribution in [-0.2, 0) is 4.79 Å². The summed E-state index contributed by atoms with van der Waals surface area (Å²) in [7, 11) is 0. The van der Waals surface area contributed by atoms with Crippen molar-refractivity contribution >= 4 is 5.78 Å². The topological polar surface area (TPSA) is 17.1 Å². The van der Waals surface area contributed by atoms with Gasteiger partial charge >= 0.3 is 0 Å². The lowest BCUT2D eigenvalue weighted by Gasteiger charge is -1.96. The van der Waals surface area contributed by atoms with Crippen LogP contribution in [0.4, 0.5) is 0 Å². The molecule has 1 atom stereocenters. The maximum Gasteiger partial charge on any atom is 0.136 e. The van der Waals surface area contributed by atoms with Crippen LogP contribution in [0.15, 0.2) is 12.2 Å². The first-order chi connectivity index (χ1) is 4.18. The summed E-state index contributed by atoms with van der Waals surface area (Å²) < 4.78 is 0. The van der Waals surface area contributed by atoms with Crippen LogP contribution < -0.4 is 0 Å². The van der Waals surface area contributed by atoms with Gasteiger partial charge in [-0.25, -0.2) is 0 Å². The first-order valence-electron chi connectivity index (χ1n) is 3.35. The molecule has 0 aromatic carbocycles. The number of rotatable bonds is 3. The van der Waals surface area contributed by atoms with Crippen LogP contribution in [0, 0.1) is 5.92 Å². The van der Waals surface area contributed by atoms with Crippen LogP contribution in [0.1, 0.15) is 27.2 Å². The Kier molecular flexibility index (Phi) is 4.02. The van der Waals surface area contributed by atoms with E-state index in [-0.39, 0.29) is 11.7 Å². The van der Waals surface area contributed by atoms with Crippen LogP contribution in [0.25, 0.3) is 0 Å². The summed E-state index contributed by atoms with van der Waals surface area (Å²) in [5, 5.41) is 0. The molecule has 1 nitrogen and oxygen atoms in total. The molecule has 52 valence electrons. The summed E-state index contributed by atoms with van der Waals surface area (Å²) in [6, 6.07) is 0. The highest BCUT2D eigenvalue weighted by Gasteiger charge is 1.99. The average Bonchev–Trinajstić information content (AvgIpc) is 1.82. The van der Waals surface area contributed by atoms with E-state index in [0.717, 1.165) is 6.42 Å². The van der Waals surface area contributed by atoms with Crippen molar-refractivity contribution in [3.63, 3.8) is 0 Å². The summed E-state index contributed by atoms with van der Waals surface area (Å²) in [6.07, 6.45) is 4.98. The second kappa shape index (κ2) is 4.30. The summed E-state index contributed by atoms with van der Waals surface area (Å²) in [5.74, 6) is 0.338. The van der Waals surface area contributed by atoms with Gasteiger partial charge in [0.25, 0.3) is 0 Å². The Morgan fingerprint density at radius 1 is 1.67 bits per heavy atom. The number of ketones is 1. The molecular weight excluding hydrogens is 112 g/mol. The van der Waals surface area contributed by atoms with Gasteiger partial charge in [0.1, 0.15) is 5.78 Å². The highest BCUT2D eigenvalue weighted by atomic mass is 16.1. The molecule has 0 bridgehead atoms. The molecule has 0 fully saturated rings. The third-order valence-electron chi connectivity index (χ3n) is 1.30. The van der Waals surface area contributed by atoms with Gasteiger partial charge in [0.05, 0.1) is 0 Å². The van der Waals surface area contributed by atoms with E-state index in [1.807, 2.05) is 19.1 Å². The third kappa shape index (κ3) is 3.95. The monoisotopic (exact) mass is 126 g/mol. The highest BCUT2D eigenvalue weighted by Crippen LogP contribution is 1.98. The molecule has 0 amide bonds. The predicted molar refractivity (Wildman–Crippen MR) is 39.3 cm³/mol. The zero-order chi connectivity index (χ0) is 7.28. The molecule has 0 saturated heterocycles. The maximum absolute atomic E-state index is 10.6. The van der Waals surface area contributed by atoms with Crippen molar-refractivity contribution in [2.24, 2.45) is 5.92 Å². The first kappa shape index (κ1) is 8.41. The molecule has 0 aromatic rings. The van der Waals surface area contributed by atoms with Crippen molar-refractivity contribution in [2.75, 3.05) is 0 Å². The Balaban J connectivity index is 3.62. The van der Waals surface area contributed by atoms with E-state index in [1.54, 1.807) is 6.92 Å². The summed E-state index contributed by atoms with van der Waals surface area (Å²) >= 11 is 0. The van der Waals surface area contributed by atoms with Crippen LogP contribution in [-0.4, -0.2) is 5.78 Å². The van der Waals surface area contributed by atoms with Gasteiger partial charge in [-0.3, -0.25) is 4.79 Å². The number of carbonyl (C=O) groups is 1. The minimum absolute atomic E-state index is 0.102. The fourth-order valence-electron chi connectivity index (χ4n) is 0.476. The van der Waals surface area contributed by atoms with Crippen molar-refractivity contribution < 1.29 is 4.79 Å². The van der Waals surface area contributed by atoms with E-state index in [4.69, 9.17) is 0 Å². The van der Waals surface area contributed by atoms with Gasteiger partial charge in [0.15, 0.2) is 0 Å². The van der Waals surface area contributed by atoms with E-state index >= 15 is 0 Å². The maximum atomic E-state index is 10.6. The molecule has 0 rings (SSSR count). The quantitative estimate of drug-likeness (QED) is 0.530. The van der Waals surface area contributed by atoms with E-state index in [1.165, 1.54) is 0 Å². The van der Waals surface area contributed by atoms with Crippen molar-refractivity contribution in [1.82, 2.24) is 0 Å². The Morgan fingerprint density at radius 3 is 2.56 bits per heavy atom. The van der Waals surface area contributed by atoms with Crippen molar-refractivity contribution in [1.29, 1.82) is 0 Å². The second-order valence-electron chi connectivity index (χ2n) is 2.24. The van der Waals surface area contributed by atoms with Crippen LogP contribution in [0.3, 0.4) is 0 Å². The molecular formula is C8H14O. The highest BCUT2D eigenvalue weighted by molar-refractivity contribution is 5.79. The molecule has 1 heteroatoms. The van der Waals surface area contributed by atoms with E-state index in [0.29, 0.717) is 0 Å². The zero-order valence-electron chi connectivity index (χ0n) is 6.35. The van der Waals surface area contributed by atoms with Gasteiger partial charge in [-0.15, -0.1) is 0 Å². The van der Waals surface area contributed by atoms with Gasteiger partial charge in [-0.1, -0.05) is 26.0 Å². The molecule has 9 heavy (non-hydrogen) atoms. The SMILES string of the molecule is CC/C=C\[C@H](C)C(C)=O. The minimum atomic E-state index is 0.102. The van der Waals surface area contributed by atoms with Crippen molar-refractivity contribution in [2.45, 2.75) is 27.2 Å². The number of carbonyl (C=O) groups excluding carboxylic acids is 1. The van der Waals surface area contributed by atoms with E-state index < -0.39 is 0 Å². The van der Waals surface area contributed by atoms with E-state index in [9.17, 15) is 4.79 Å².